The van der Waals surface area contributed by atoms with Crippen LogP contribution in [-0.4, -0.2) is 26.3 Å². The van der Waals surface area contributed by atoms with Gasteiger partial charge in [0.2, 0.25) is 0 Å². The summed E-state index contributed by atoms with van der Waals surface area (Å²) >= 11 is 3.01. The van der Waals surface area contributed by atoms with Crippen molar-refractivity contribution in [3.05, 3.63) is 10.7 Å². The summed E-state index contributed by atoms with van der Waals surface area (Å²) in [7, 11) is 0. The molecule has 17 heavy (non-hydrogen) atoms. The molecule has 0 aliphatic rings. The summed E-state index contributed by atoms with van der Waals surface area (Å²) < 4.78 is 3.97. The van der Waals surface area contributed by atoms with Crippen molar-refractivity contribution in [3.8, 4) is 9.88 Å². The Bertz CT molecular complexity index is 479. The van der Waals surface area contributed by atoms with E-state index >= 15 is 0 Å². The van der Waals surface area contributed by atoms with Gasteiger partial charge in [0, 0.05) is 0 Å². The van der Waals surface area contributed by atoms with Gasteiger partial charge in [0.15, 0.2) is 5.01 Å². The van der Waals surface area contributed by atoms with Crippen LogP contribution in [0.5, 0.6) is 0 Å². The van der Waals surface area contributed by atoms with E-state index in [0.717, 1.165) is 33.6 Å². The van der Waals surface area contributed by atoms with Crippen molar-refractivity contribution >= 4 is 22.9 Å². The Hall–Kier alpha value is -0.920. The van der Waals surface area contributed by atoms with Gasteiger partial charge in [-0.15, -0.1) is 15.3 Å². The largest absolute Gasteiger partial charge is 0.308 e. The first-order valence-electron chi connectivity index (χ1n) is 5.64. The first-order chi connectivity index (χ1) is 8.26. The van der Waals surface area contributed by atoms with Crippen LogP contribution in [0.2, 0.25) is 0 Å². The van der Waals surface area contributed by atoms with E-state index in [1.165, 1.54) is 11.5 Å². The van der Waals surface area contributed by atoms with Gasteiger partial charge in [0.1, 0.15) is 9.88 Å². The molecule has 0 fully saturated rings. The van der Waals surface area contributed by atoms with E-state index < -0.39 is 0 Å². The molecular formula is C10H15N5S2. The van der Waals surface area contributed by atoms with E-state index in [1.807, 2.05) is 0 Å². The third-order valence-electron chi connectivity index (χ3n) is 2.41. The van der Waals surface area contributed by atoms with Crippen LogP contribution in [0.3, 0.4) is 0 Å². The number of hydrogen-bond donors (Lipinski definition) is 1. The number of aryl methyl sites for hydroxylation is 1. The van der Waals surface area contributed by atoms with Gasteiger partial charge in [-0.3, -0.25) is 0 Å². The summed E-state index contributed by atoms with van der Waals surface area (Å²) in [5, 5.41) is 17.8. The first-order valence-corrected chi connectivity index (χ1v) is 7.23. The zero-order valence-electron chi connectivity index (χ0n) is 10.1. The lowest BCUT2D eigenvalue weighted by Crippen LogP contribution is -2.17. The van der Waals surface area contributed by atoms with Gasteiger partial charge in [-0.05, 0) is 31.4 Å². The lowest BCUT2D eigenvalue weighted by Gasteiger charge is -2.06. The van der Waals surface area contributed by atoms with Crippen molar-refractivity contribution < 1.29 is 0 Å². The lowest BCUT2D eigenvalue weighted by atomic mass is 10.3. The Morgan fingerprint density at radius 3 is 2.76 bits per heavy atom. The minimum Gasteiger partial charge on any atom is -0.308 e. The maximum absolute atomic E-state index is 4.23. The summed E-state index contributed by atoms with van der Waals surface area (Å²) in [5.41, 5.74) is 1.01. The van der Waals surface area contributed by atoms with Gasteiger partial charge in [0.25, 0.3) is 0 Å². The van der Waals surface area contributed by atoms with Crippen molar-refractivity contribution in [2.24, 2.45) is 0 Å². The first kappa shape index (κ1) is 12.5. The van der Waals surface area contributed by atoms with E-state index in [0.29, 0.717) is 0 Å². The molecule has 0 bridgehead atoms. The number of hydrogen-bond acceptors (Lipinski definition) is 7. The van der Waals surface area contributed by atoms with Crippen molar-refractivity contribution in [1.82, 2.24) is 25.1 Å². The quantitative estimate of drug-likeness (QED) is 0.902. The monoisotopic (exact) mass is 269 g/mol. The molecule has 1 N–H and O–H groups in total. The molecular weight excluding hydrogens is 254 g/mol. The van der Waals surface area contributed by atoms with Gasteiger partial charge in [0.05, 0.1) is 11.7 Å². The molecule has 0 saturated carbocycles. The molecule has 0 aromatic carbocycles. The van der Waals surface area contributed by atoms with Gasteiger partial charge in [-0.25, -0.2) is 0 Å². The second-order valence-corrected chi connectivity index (χ2v) is 5.39. The molecule has 0 amide bonds. The summed E-state index contributed by atoms with van der Waals surface area (Å²) in [5.74, 6) is 0. The van der Waals surface area contributed by atoms with Crippen LogP contribution in [0.25, 0.3) is 9.88 Å². The Labute approximate surface area is 108 Å². The molecule has 1 atom stereocenters. The van der Waals surface area contributed by atoms with E-state index in [2.05, 4.69) is 45.9 Å². The second kappa shape index (κ2) is 5.61. The SMILES string of the molecule is CCNC(C)c1nnc(-c2snnc2CC)s1. The molecule has 2 aromatic rings. The third-order valence-corrected chi connectivity index (χ3v) is 4.43. The molecule has 0 spiro atoms. The zero-order chi connectivity index (χ0) is 12.3. The molecule has 5 nitrogen and oxygen atoms in total. The van der Waals surface area contributed by atoms with Crippen LogP contribution in [0.4, 0.5) is 0 Å². The molecule has 2 rings (SSSR count). The molecule has 92 valence electrons. The molecule has 0 aliphatic carbocycles. The summed E-state index contributed by atoms with van der Waals surface area (Å²) in [4.78, 5) is 1.06. The number of aromatic nitrogens is 4. The van der Waals surface area contributed by atoms with Crippen LogP contribution in [0, 0.1) is 0 Å². The fourth-order valence-corrected chi connectivity index (χ4v) is 3.20. The molecule has 7 heteroatoms. The highest BCUT2D eigenvalue weighted by atomic mass is 32.1. The highest BCUT2D eigenvalue weighted by Gasteiger charge is 2.16. The number of rotatable bonds is 5. The Balaban J connectivity index is 2.23. The third kappa shape index (κ3) is 2.67. The maximum Gasteiger partial charge on any atom is 0.161 e. The molecule has 2 heterocycles. The van der Waals surface area contributed by atoms with Crippen molar-refractivity contribution in [3.63, 3.8) is 0 Å². The molecule has 2 aromatic heterocycles. The smallest absolute Gasteiger partial charge is 0.161 e. The van der Waals surface area contributed by atoms with E-state index in [-0.39, 0.29) is 6.04 Å². The predicted octanol–water partition coefficient (Wildman–Crippen LogP) is 2.29. The van der Waals surface area contributed by atoms with Crippen LogP contribution >= 0.6 is 22.9 Å². The Morgan fingerprint density at radius 2 is 2.06 bits per heavy atom. The number of nitrogens with one attached hydrogen (secondary N) is 1. The summed E-state index contributed by atoms with van der Waals surface area (Å²) in [6, 6.07) is 0.247. The van der Waals surface area contributed by atoms with Gasteiger partial charge in [-0.1, -0.05) is 29.7 Å². The highest BCUT2D eigenvalue weighted by Crippen LogP contribution is 2.31. The average Bonchev–Trinajstić information content (AvgIpc) is 2.97. The van der Waals surface area contributed by atoms with E-state index in [4.69, 9.17) is 0 Å². The standard InChI is InChI=1S/C10H15N5S2/c1-4-7-8(17-15-12-7)10-14-13-9(16-10)6(3)11-5-2/h6,11H,4-5H2,1-3H3. The van der Waals surface area contributed by atoms with Crippen molar-refractivity contribution in [2.75, 3.05) is 6.54 Å². The van der Waals surface area contributed by atoms with Crippen molar-refractivity contribution in [2.45, 2.75) is 33.2 Å². The zero-order valence-corrected chi connectivity index (χ0v) is 11.7. The molecule has 1 unspecified atom stereocenters. The Morgan fingerprint density at radius 1 is 1.24 bits per heavy atom. The summed E-state index contributed by atoms with van der Waals surface area (Å²) in [6.45, 7) is 7.18. The van der Waals surface area contributed by atoms with Gasteiger partial charge < -0.3 is 5.32 Å². The van der Waals surface area contributed by atoms with E-state index in [9.17, 15) is 0 Å². The fraction of sp³-hybridized carbons (Fsp3) is 0.600. The minimum absolute atomic E-state index is 0.247. The van der Waals surface area contributed by atoms with Crippen LogP contribution < -0.4 is 5.32 Å². The highest BCUT2D eigenvalue weighted by molar-refractivity contribution is 7.19. The second-order valence-electron chi connectivity index (χ2n) is 3.63. The van der Waals surface area contributed by atoms with Gasteiger partial charge in [-0.2, -0.15) is 0 Å². The van der Waals surface area contributed by atoms with Crippen molar-refractivity contribution in [1.29, 1.82) is 0 Å². The number of nitrogens with zero attached hydrogens (tertiary/aromatic N) is 4. The van der Waals surface area contributed by atoms with E-state index in [1.54, 1.807) is 11.3 Å². The molecule has 0 saturated heterocycles. The lowest BCUT2D eigenvalue weighted by molar-refractivity contribution is 0.590. The normalized spacial score (nSPS) is 12.9. The van der Waals surface area contributed by atoms with Crippen LogP contribution in [-0.2, 0) is 6.42 Å². The summed E-state index contributed by atoms with van der Waals surface area (Å²) in [6.07, 6.45) is 0.878. The average molecular weight is 269 g/mol. The van der Waals surface area contributed by atoms with Gasteiger partial charge >= 0.3 is 0 Å². The minimum atomic E-state index is 0.247. The maximum atomic E-state index is 4.23. The van der Waals surface area contributed by atoms with Crippen LogP contribution in [0.15, 0.2) is 0 Å². The van der Waals surface area contributed by atoms with Crippen LogP contribution in [0.1, 0.15) is 37.5 Å². The topological polar surface area (TPSA) is 63.6 Å². The molecule has 0 radical (unpaired) electrons. The predicted molar refractivity (Wildman–Crippen MR) is 70.3 cm³/mol. The fourth-order valence-electron chi connectivity index (χ4n) is 1.50. The Kier molecular flexibility index (Phi) is 4.14. The molecule has 0 aliphatic heterocycles.